The van der Waals surface area contributed by atoms with E-state index in [2.05, 4.69) is 5.32 Å². The van der Waals surface area contributed by atoms with Crippen LogP contribution in [-0.4, -0.2) is 36.9 Å². The van der Waals surface area contributed by atoms with E-state index < -0.39 is 11.6 Å². The Morgan fingerprint density at radius 2 is 1.92 bits per heavy atom. The Bertz CT molecular complexity index is 654. The monoisotopic (exact) mass is 363 g/mol. The summed E-state index contributed by atoms with van der Waals surface area (Å²) in [4.78, 5) is 23.7. The number of hydrogen-bond donors (Lipinski definition) is 1. The first-order chi connectivity index (χ1) is 12.2. The summed E-state index contributed by atoms with van der Waals surface area (Å²) in [6, 6.07) is 5.86. The number of rotatable bonds is 7. The molecule has 0 saturated carbocycles. The molecule has 0 spiro atoms. The first kappa shape index (κ1) is 20.1. The molecule has 1 aromatic rings. The molecule has 0 bridgehead atoms. The standard InChI is InChI=1S/C20H29NO5/c1-6-24-18(22)16-9-14-7-8-17(11-15(14)10-16)25-12-20(4,5)21-19(23)26-13(2)3/h7-8,11,13,16H,6,9-10,12H2,1-5H3,(H,21,23). The zero-order chi connectivity index (χ0) is 19.3. The van der Waals surface area contributed by atoms with E-state index in [0.29, 0.717) is 26.1 Å². The third kappa shape index (κ3) is 5.64. The van der Waals surface area contributed by atoms with Gasteiger partial charge in [0.25, 0.3) is 0 Å². The Hall–Kier alpha value is -2.24. The molecule has 26 heavy (non-hydrogen) atoms. The predicted octanol–water partition coefficient (Wildman–Crippen LogP) is 3.26. The first-order valence-corrected chi connectivity index (χ1v) is 9.10. The number of hydrogen-bond acceptors (Lipinski definition) is 5. The van der Waals surface area contributed by atoms with Gasteiger partial charge in [-0.25, -0.2) is 4.79 Å². The molecule has 0 radical (unpaired) electrons. The van der Waals surface area contributed by atoms with Gasteiger partial charge in [-0.15, -0.1) is 0 Å². The molecule has 144 valence electrons. The minimum Gasteiger partial charge on any atom is -0.491 e. The lowest BCUT2D eigenvalue weighted by Gasteiger charge is -2.26. The van der Waals surface area contributed by atoms with Gasteiger partial charge >= 0.3 is 12.1 Å². The second-order valence-corrected chi connectivity index (χ2v) is 7.54. The maximum atomic E-state index is 11.9. The molecule has 6 nitrogen and oxygen atoms in total. The highest BCUT2D eigenvalue weighted by Crippen LogP contribution is 2.30. The van der Waals surface area contributed by atoms with Gasteiger partial charge in [0.05, 0.1) is 24.2 Å². The fraction of sp³-hybridized carbons (Fsp3) is 0.600. The summed E-state index contributed by atoms with van der Waals surface area (Å²) < 4.78 is 16.1. The fourth-order valence-corrected chi connectivity index (χ4v) is 2.93. The van der Waals surface area contributed by atoms with Crippen molar-refractivity contribution < 1.29 is 23.8 Å². The molecule has 1 unspecified atom stereocenters. The van der Waals surface area contributed by atoms with Crippen LogP contribution in [0.3, 0.4) is 0 Å². The van der Waals surface area contributed by atoms with Gasteiger partial charge in [-0.05, 0) is 70.7 Å². The van der Waals surface area contributed by atoms with Crippen LogP contribution >= 0.6 is 0 Å². The number of carbonyl (C=O) groups excluding carboxylic acids is 2. The van der Waals surface area contributed by atoms with Crippen molar-refractivity contribution in [3.8, 4) is 5.75 Å². The van der Waals surface area contributed by atoms with Gasteiger partial charge in [0.1, 0.15) is 12.4 Å². The topological polar surface area (TPSA) is 73.9 Å². The maximum Gasteiger partial charge on any atom is 0.407 e. The molecule has 0 saturated heterocycles. The summed E-state index contributed by atoms with van der Waals surface area (Å²) in [6.45, 7) is 9.88. The molecule has 1 amide bonds. The van der Waals surface area contributed by atoms with E-state index in [1.165, 1.54) is 0 Å². The van der Waals surface area contributed by atoms with Crippen molar-refractivity contribution in [2.24, 2.45) is 5.92 Å². The molecular weight excluding hydrogens is 334 g/mol. The van der Waals surface area contributed by atoms with Crippen molar-refractivity contribution in [1.29, 1.82) is 0 Å². The molecule has 1 aliphatic carbocycles. The Morgan fingerprint density at radius 1 is 1.23 bits per heavy atom. The molecule has 2 rings (SSSR count). The summed E-state index contributed by atoms with van der Waals surface area (Å²) in [7, 11) is 0. The van der Waals surface area contributed by atoms with Crippen molar-refractivity contribution in [1.82, 2.24) is 5.32 Å². The van der Waals surface area contributed by atoms with Gasteiger partial charge in [0.15, 0.2) is 0 Å². The van der Waals surface area contributed by atoms with Gasteiger partial charge in [-0.2, -0.15) is 0 Å². The van der Waals surface area contributed by atoms with E-state index in [0.717, 1.165) is 16.9 Å². The second kappa shape index (κ2) is 8.43. The number of nitrogens with one attached hydrogen (secondary N) is 1. The number of amides is 1. The minimum absolute atomic E-state index is 0.107. The quantitative estimate of drug-likeness (QED) is 0.753. The van der Waals surface area contributed by atoms with Crippen LogP contribution in [0.25, 0.3) is 0 Å². The third-order valence-corrected chi connectivity index (χ3v) is 4.11. The van der Waals surface area contributed by atoms with E-state index in [1.54, 1.807) is 13.8 Å². The van der Waals surface area contributed by atoms with Gasteiger partial charge in [0, 0.05) is 0 Å². The van der Waals surface area contributed by atoms with Gasteiger partial charge in [-0.1, -0.05) is 6.07 Å². The van der Waals surface area contributed by atoms with Crippen LogP contribution < -0.4 is 10.1 Å². The van der Waals surface area contributed by atoms with Gasteiger partial charge in [-0.3, -0.25) is 4.79 Å². The van der Waals surface area contributed by atoms with E-state index in [4.69, 9.17) is 14.2 Å². The Morgan fingerprint density at radius 3 is 2.58 bits per heavy atom. The SMILES string of the molecule is CCOC(=O)C1Cc2ccc(OCC(C)(C)NC(=O)OC(C)C)cc2C1. The average Bonchev–Trinajstić information content (AvgIpc) is 2.95. The van der Waals surface area contributed by atoms with Crippen molar-refractivity contribution in [3.05, 3.63) is 29.3 Å². The van der Waals surface area contributed by atoms with Crippen molar-refractivity contribution >= 4 is 12.1 Å². The smallest absolute Gasteiger partial charge is 0.407 e. The van der Waals surface area contributed by atoms with Gasteiger partial charge in [0.2, 0.25) is 0 Å². The first-order valence-electron chi connectivity index (χ1n) is 9.10. The zero-order valence-corrected chi connectivity index (χ0v) is 16.3. The Balaban J connectivity index is 1.91. The van der Waals surface area contributed by atoms with E-state index in [9.17, 15) is 9.59 Å². The number of esters is 1. The summed E-state index contributed by atoms with van der Waals surface area (Å²) in [5.41, 5.74) is 1.71. The van der Waals surface area contributed by atoms with Crippen molar-refractivity contribution in [2.45, 2.75) is 59.1 Å². The van der Waals surface area contributed by atoms with Crippen LogP contribution in [0.1, 0.15) is 45.7 Å². The lowest BCUT2D eigenvalue weighted by Crippen LogP contribution is -2.48. The lowest BCUT2D eigenvalue weighted by molar-refractivity contribution is -0.147. The summed E-state index contributed by atoms with van der Waals surface area (Å²) in [6.07, 6.45) is 0.756. The average molecular weight is 363 g/mol. The van der Waals surface area contributed by atoms with E-state index in [-0.39, 0.29) is 18.0 Å². The highest BCUT2D eigenvalue weighted by atomic mass is 16.6. The number of benzene rings is 1. The van der Waals surface area contributed by atoms with Gasteiger partial charge < -0.3 is 19.5 Å². The number of ether oxygens (including phenoxy) is 3. The Labute approximate surface area is 155 Å². The van der Waals surface area contributed by atoms with E-state index in [1.807, 2.05) is 39.0 Å². The van der Waals surface area contributed by atoms with Crippen LogP contribution in [0.5, 0.6) is 5.75 Å². The molecule has 6 heteroatoms. The molecule has 0 heterocycles. The van der Waals surface area contributed by atoms with Crippen LogP contribution in [-0.2, 0) is 27.1 Å². The predicted molar refractivity (Wildman–Crippen MR) is 98.3 cm³/mol. The summed E-state index contributed by atoms with van der Waals surface area (Å²) in [5, 5.41) is 2.80. The fourth-order valence-electron chi connectivity index (χ4n) is 2.93. The second-order valence-electron chi connectivity index (χ2n) is 7.54. The minimum atomic E-state index is -0.571. The molecule has 1 atom stereocenters. The molecule has 1 aromatic carbocycles. The highest BCUT2D eigenvalue weighted by molar-refractivity contribution is 5.74. The molecule has 0 fully saturated rings. The van der Waals surface area contributed by atoms with Crippen molar-refractivity contribution in [2.75, 3.05) is 13.2 Å². The summed E-state index contributed by atoms with van der Waals surface area (Å²) >= 11 is 0. The molecule has 0 aromatic heterocycles. The van der Waals surface area contributed by atoms with Crippen LogP contribution in [0.2, 0.25) is 0 Å². The molecule has 1 N–H and O–H groups in total. The molecule has 0 aliphatic heterocycles. The van der Waals surface area contributed by atoms with Crippen molar-refractivity contribution in [3.63, 3.8) is 0 Å². The van der Waals surface area contributed by atoms with Crippen LogP contribution in [0.15, 0.2) is 18.2 Å². The Kier molecular flexibility index (Phi) is 6.51. The maximum absolute atomic E-state index is 11.9. The normalized spacial score (nSPS) is 16.2. The third-order valence-electron chi connectivity index (χ3n) is 4.11. The van der Waals surface area contributed by atoms with Crippen LogP contribution in [0, 0.1) is 5.92 Å². The molecule has 1 aliphatic rings. The number of fused-ring (bicyclic) bond motifs is 1. The largest absolute Gasteiger partial charge is 0.491 e. The molecular formula is C20H29NO5. The summed E-state index contributed by atoms with van der Waals surface area (Å²) in [5.74, 6) is 0.477. The lowest BCUT2D eigenvalue weighted by atomic mass is 10.1. The highest BCUT2D eigenvalue weighted by Gasteiger charge is 2.29. The zero-order valence-electron chi connectivity index (χ0n) is 16.3. The van der Waals surface area contributed by atoms with E-state index >= 15 is 0 Å². The number of alkyl carbamates (subject to hydrolysis) is 1. The van der Waals surface area contributed by atoms with Crippen LogP contribution in [0.4, 0.5) is 4.79 Å². The number of carbonyl (C=O) groups is 2.